The zero-order valence-corrected chi connectivity index (χ0v) is 31.9. The van der Waals surface area contributed by atoms with Gasteiger partial charge in [0.05, 0.1) is 0 Å². The summed E-state index contributed by atoms with van der Waals surface area (Å²) in [6.07, 6.45) is 6.21. The zero-order chi connectivity index (χ0) is 37.7. The third-order valence-electron chi connectivity index (χ3n) is 10.5. The third kappa shape index (κ3) is 6.30. The molecule has 1 heterocycles. The first kappa shape index (κ1) is 34.9. The second-order valence-electron chi connectivity index (χ2n) is 13.8. The van der Waals surface area contributed by atoms with Crippen LogP contribution in [0.25, 0.3) is 32.7 Å². The number of fused-ring (bicyclic) bond motifs is 1. The molecule has 8 aromatic carbocycles. The SMILES string of the molecule is C=C/C=C\C1=C(c2ccc(N(c3ccc(-c4ccccc4)cc3)c3ccc(-c4ccccc4)cc3)cc2)S(c2ccccc2)(c2ccccc2)c2ccccc21. The van der Waals surface area contributed by atoms with Crippen molar-refractivity contribution >= 4 is 37.6 Å². The van der Waals surface area contributed by atoms with Crippen molar-refractivity contribution < 1.29 is 0 Å². The standard InChI is InChI=1S/C54H41NS/c1-2-3-26-52-51-27-16-17-28-53(51)56(49-22-12-6-13-23-49,50-24-14-7-15-25-50)54(52)45-33-39-48(40-34-45)55(46-35-29-43(30-36-46)41-18-8-4-9-19-41)47-37-31-44(32-38-47)42-20-10-5-11-21-42/h2-40H,1H2/b26-3-. The molecule has 0 radical (unpaired) electrons. The first-order chi connectivity index (χ1) is 27.8. The van der Waals surface area contributed by atoms with Gasteiger partial charge in [-0.2, -0.15) is 0 Å². The van der Waals surface area contributed by atoms with Crippen molar-refractivity contribution in [3.63, 3.8) is 0 Å². The van der Waals surface area contributed by atoms with Gasteiger partial charge in [-0.3, -0.25) is 0 Å². The van der Waals surface area contributed by atoms with Crippen LogP contribution in [0, 0.1) is 0 Å². The smallest absolute Gasteiger partial charge is 0.0462 e. The highest BCUT2D eigenvalue weighted by molar-refractivity contribution is 8.41. The maximum Gasteiger partial charge on any atom is 0.0462 e. The molecule has 8 aromatic rings. The van der Waals surface area contributed by atoms with Crippen LogP contribution < -0.4 is 4.90 Å². The van der Waals surface area contributed by atoms with E-state index in [-0.39, 0.29) is 0 Å². The lowest BCUT2D eigenvalue weighted by molar-refractivity contribution is 1.28. The summed E-state index contributed by atoms with van der Waals surface area (Å²) >= 11 is 0. The first-order valence-electron chi connectivity index (χ1n) is 19.0. The summed E-state index contributed by atoms with van der Waals surface area (Å²) in [7, 11) is -1.87. The van der Waals surface area contributed by atoms with Gasteiger partial charge in [0, 0.05) is 36.7 Å². The number of benzene rings is 8. The van der Waals surface area contributed by atoms with Crippen molar-refractivity contribution in [2.45, 2.75) is 14.7 Å². The summed E-state index contributed by atoms with van der Waals surface area (Å²) in [5.74, 6) is 0. The monoisotopic (exact) mass is 735 g/mol. The molecule has 0 N–H and O–H groups in total. The average molecular weight is 736 g/mol. The molecule has 0 aromatic heterocycles. The van der Waals surface area contributed by atoms with Crippen LogP contribution in [0.15, 0.2) is 258 Å². The van der Waals surface area contributed by atoms with E-state index in [4.69, 9.17) is 0 Å². The molecule has 0 amide bonds. The number of hydrogen-bond acceptors (Lipinski definition) is 1. The zero-order valence-electron chi connectivity index (χ0n) is 31.1. The minimum Gasteiger partial charge on any atom is -0.311 e. The van der Waals surface area contributed by atoms with Gasteiger partial charge in [-0.15, -0.1) is 10.0 Å². The predicted octanol–water partition coefficient (Wildman–Crippen LogP) is 15.4. The summed E-state index contributed by atoms with van der Waals surface area (Å²) < 4.78 is 0. The van der Waals surface area contributed by atoms with Crippen molar-refractivity contribution in [1.82, 2.24) is 0 Å². The summed E-state index contributed by atoms with van der Waals surface area (Å²) in [5.41, 5.74) is 11.8. The second kappa shape index (κ2) is 15.5. The molecular formula is C54H41NS. The molecule has 56 heavy (non-hydrogen) atoms. The van der Waals surface area contributed by atoms with Gasteiger partial charge in [-0.05, 0) is 106 Å². The van der Waals surface area contributed by atoms with E-state index in [1.165, 1.54) is 58.5 Å². The summed E-state index contributed by atoms with van der Waals surface area (Å²) in [5, 5.41) is 0. The van der Waals surface area contributed by atoms with E-state index in [9.17, 15) is 0 Å². The lowest BCUT2D eigenvalue weighted by Crippen LogP contribution is -2.10. The van der Waals surface area contributed by atoms with E-state index in [0.29, 0.717) is 0 Å². The highest BCUT2D eigenvalue weighted by Crippen LogP contribution is 2.81. The fourth-order valence-corrected chi connectivity index (χ4v) is 12.4. The van der Waals surface area contributed by atoms with E-state index in [1.807, 2.05) is 6.08 Å². The Kier molecular flexibility index (Phi) is 9.63. The summed E-state index contributed by atoms with van der Waals surface area (Å²) in [4.78, 5) is 7.69. The van der Waals surface area contributed by atoms with Crippen LogP contribution in [0.2, 0.25) is 0 Å². The molecule has 1 aliphatic rings. The third-order valence-corrected chi connectivity index (χ3v) is 14.5. The van der Waals surface area contributed by atoms with Gasteiger partial charge < -0.3 is 4.90 Å². The minimum absolute atomic E-state index is 1.09. The number of allylic oxidation sites excluding steroid dienone is 4. The number of anilines is 3. The van der Waals surface area contributed by atoms with Crippen molar-refractivity contribution in [2.24, 2.45) is 0 Å². The van der Waals surface area contributed by atoms with E-state index in [1.54, 1.807) is 0 Å². The van der Waals surface area contributed by atoms with E-state index < -0.39 is 10.0 Å². The lowest BCUT2D eigenvalue weighted by atomic mass is 10.0. The van der Waals surface area contributed by atoms with Gasteiger partial charge in [-0.1, -0.05) is 176 Å². The van der Waals surface area contributed by atoms with Crippen LogP contribution in [0.1, 0.15) is 11.1 Å². The molecule has 0 atom stereocenters. The van der Waals surface area contributed by atoms with Crippen LogP contribution in [0.5, 0.6) is 0 Å². The summed E-state index contributed by atoms with van der Waals surface area (Å²) in [6, 6.07) is 79.4. The van der Waals surface area contributed by atoms with Crippen LogP contribution in [-0.2, 0) is 0 Å². The number of rotatable bonds is 10. The fraction of sp³-hybridized carbons (Fsp3) is 0. The molecule has 0 fully saturated rings. The van der Waals surface area contributed by atoms with Gasteiger partial charge >= 0.3 is 0 Å². The molecule has 0 unspecified atom stereocenters. The lowest BCUT2D eigenvalue weighted by Gasteiger charge is -2.41. The molecule has 268 valence electrons. The Morgan fingerprint density at radius 3 is 1.20 bits per heavy atom. The highest BCUT2D eigenvalue weighted by Gasteiger charge is 2.43. The molecule has 2 heteroatoms. The van der Waals surface area contributed by atoms with Gasteiger partial charge in [0.2, 0.25) is 0 Å². The van der Waals surface area contributed by atoms with Crippen molar-refractivity contribution in [2.75, 3.05) is 4.90 Å². The van der Waals surface area contributed by atoms with Gasteiger partial charge in [-0.25, -0.2) is 0 Å². The topological polar surface area (TPSA) is 3.24 Å². The molecule has 0 bridgehead atoms. The molecule has 0 spiro atoms. The first-order valence-corrected chi connectivity index (χ1v) is 20.7. The molecular weight excluding hydrogens is 695 g/mol. The van der Waals surface area contributed by atoms with Gasteiger partial charge in [0.15, 0.2) is 0 Å². The predicted molar refractivity (Wildman–Crippen MR) is 240 cm³/mol. The molecule has 0 saturated heterocycles. The number of hydrogen-bond donors (Lipinski definition) is 0. The molecule has 0 aliphatic carbocycles. The van der Waals surface area contributed by atoms with Gasteiger partial charge in [0.1, 0.15) is 0 Å². The van der Waals surface area contributed by atoms with Crippen LogP contribution in [-0.4, -0.2) is 0 Å². The van der Waals surface area contributed by atoms with E-state index in [0.717, 1.165) is 17.1 Å². The second-order valence-corrected chi connectivity index (χ2v) is 16.8. The van der Waals surface area contributed by atoms with Crippen LogP contribution in [0.4, 0.5) is 17.1 Å². The minimum atomic E-state index is -1.87. The molecule has 9 rings (SSSR count). The van der Waals surface area contributed by atoms with Crippen molar-refractivity contribution in [3.05, 3.63) is 254 Å². The van der Waals surface area contributed by atoms with Gasteiger partial charge in [0.25, 0.3) is 0 Å². The van der Waals surface area contributed by atoms with Crippen LogP contribution >= 0.6 is 10.0 Å². The molecule has 1 aliphatic heterocycles. The highest BCUT2D eigenvalue weighted by atomic mass is 32.3. The maximum absolute atomic E-state index is 4.05. The molecule has 0 saturated carbocycles. The summed E-state index contributed by atoms with van der Waals surface area (Å²) in [6.45, 7) is 4.05. The Labute approximate surface area is 332 Å². The quantitative estimate of drug-likeness (QED) is 0.126. The normalized spacial score (nSPS) is 13.6. The van der Waals surface area contributed by atoms with E-state index >= 15 is 0 Å². The van der Waals surface area contributed by atoms with Crippen LogP contribution in [0.3, 0.4) is 0 Å². The maximum atomic E-state index is 4.05. The Hall–Kier alpha value is -6.87. The Bertz CT molecular complexity index is 2520. The van der Waals surface area contributed by atoms with Crippen molar-refractivity contribution in [1.29, 1.82) is 0 Å². The Morgan fingerprint density at radius 2 is 0.750 bits per heavy atom. The van der Waals surface area contributed by atoms with Crippen molar-refractivity contribution in [3.8, 4) is 22.3 Å². The Morgan fingerprint density at radius 1 is 0.375 bits per heavy atom. The van der Waals surface area contributed by atoms with E-state index in [2.05, 4.69) is 242 Å². The average Bonchev–Trinajstić information content (AvgIpc) is 3.58. The Balaban J connectivity index is 1.21. The number of nitrogens with zero attached hydrogens (tertiary/aromatic N) is 1. The molecule has 1 nitrogen and oxygen atoms in total. The largest absolute Gasteiger partial charge is 0.311 e. The fourth-order valence-electron chi connectivity index (χ4n) is 7.97.